The third-order valence-corrected chi connectivity index (χ3v) is 1.74. The lowest BCUT2D eigenvalue weighted by atomic mass is 10.1. The molecule has 0 spiro atoms. The van der Waals surface area contributed by atoms with E-state index in [0.29, 0.717) is 0 Å². The van der Waals surface area contributed by atoms with Gasteiger partial charge < -0.3 is 10.7 Å². The Bertz CT molecular complexity index is 266. The Kier molecular flexibility index (Phi) is 2.26. The summed E-state index contributed by atoms with van der Waals surface area (Å²) in [7, 11) is 1.86. The van der Waals surface area contributed by atoms with Crippen molar-refractivity contribution >= 4 is 11.9 Å². The molecule has 2 N–H and O–H groups in total. The van der Waals surface area contributed by atoms with Crippen LogP contribution in [0.4, 0.5) is 5.69 Å². The maximum Gasteiger partial charge on any atom is 0.0429 e. The number of rotatable bonds is 2. The minimum Gasteiger partial charge on any atom is -0.388 e. The van der Waals surface area contributed by atoms with Crippen molar-refractivity contribution in [1.82, 2.24) is 0 Å². The molecule has 0 unspecified atom stereocenters. The van der Waals surface area contributed by atoms with Crippen molar-refractivity contribution in [1.29, 1.82) is 5.41 Å². The summed E-state index contributed by atoms with van der Waals surface area (Å²) in [6, 6.07) is 5.95. The zero-order chi connectivity index (χ0) is 8.27. The molecule has 0 atom stereocenters. The van der Waals surface area contributed by atoms with E-state index in [2.05, 4.69) is 5.32 Å². The van der Waals surface area contributed by atoms with Crippen molar-refractivity contribution in [2.75, 3.05) is 12.4 Å². The van der Waals surface area contributed by atoms with Crippen LogP contribution in [0.3, 0.4) is 0 Å². The number of hydrogen-bond donors (Lipinski definition) is 2. The van der Waals surface area contributed by atoms with Crippen LogP contribution in [0, 0.1) is 12.3 Å². The van der Waals surface area contributed by atoms with E-state index in [1.807, 2.05) is 32.2 Å². The standard InChI is InChI=1S/C9H12N2/c1-7-4-3-5-9(11-2)8(7)6-10/h3-6,10-11H,1-2H3. The van der Waals surface area contributed by atoms with Crippen LogP contribution in [-0.2, 0) is 0 Å². The lowest BCUT2D eigenvalue weighted by molar-refractivity contribution is 1.40. The molecule has 11 heavy (non-hydrogen) atoms. The molecule has 2 heteroatoms. The monoisotopic (exact) mass is 148 g/mol. The molecule has 0 aliphatic heterocycles. The number of aryl methyl sites for hydroxylation is 1. The number of anilines is 1. The van der Waals surface area contributed by atoms with E-state index >= 15 is 0 Å². The maximum absolute atomic E-state index is 7.16. The average molecular weight is 148 g/mol. The van der Waals surface area contributed by atoms with Gasteiger partial charge in [-0.25, -0.2) is 0 Å². The van der Waals surface area contributed by atoms with Crippen molar-refractivity contribution in [3.63, 3.8) is 0 Å². The second-order valence-corrected chi connectivity index (χ2v) is 2.43. The van der Waals surface area contributed by atoms with Gasteiger partial charge in [-0.1, -0.05) is 12.1 Å². The number of benzene rings is 1. The summed E-state index contributed by atoms with van der Waals surface area (Å²) < 4.78 is 0. The maximum atomic E-state index is 7.16. The quantitative estimate of drug-likeness (QED) is 0.618. The van der Waals surface area contributed by atoms with Crippen molar-refractivity contribution in [2.45, 2.75) is 6.92 Å². The van der Waals surface area contributed by atoms with Gasteiger partial charge in [-0.05, 0) is 18.6 Å². The predicted octanol–water partition coefficient (Wildman–Crippen LogP) is 2.03. The second kappa shape index (κ2) is 3.19. The van der Waals surface area contributed by atoms with E-state index < -0.39 is 0 Å². The lowest BCUT2D eigenvalue weighted by Crippen LogP contribution is -1.95. The fraction of sp³-hybridized carbons (Fsp3) is 0.222. The van der Waals surface area contributed by atoms with Gasteiger partial charge in [-0.2, -0.15) is 0 Å². The van der Waals surface area contributed by atoms with Crippen LogP contribution in [0.5, 0.6) is 0 Å². The van der Waals surface area contributed by atoms with Crippen LogP contribution in [-0.4, -0.2) is 13.3 Å². The lowest BCUT2D eigenvalue weighted by Gasteiger charge is -2.06. The number of hydrogen-bond acceptors (Lipinski definition) is 2. The Labute approximate surface area is 66.8 Å². The molecule has 1 aromatic carbocycles. The van der Waals surface area contributed by atoms with Gasteiger partial charge in [-0.3, -0.25) is 0 Å². The summed E-state index contributed by atoms with van der Waals surface area (Å²) in [6.07, 6.45) is 1.38. The molecule has 2 nitrogen and oxygen atoms in total. The molecule has 0 heterocycles. The smallest absolute Gasteiger partial charge is 0.0429 e. The molecule has 0 saturated carbocycles. The van der Waals surface area contributed by atoms with Gasteiger partial charge in [0.15, 0.2) is 0 Å². The van der Waals surface area contributed by atoms with Crippen molar-refractivity contribution in [3.05, 3.63) is 29.3 Å². The first-order chi connectivity index (χ1) is 5.29. The van der Waals surface area contributed by atoms with E-state index in [1.165, 1.54) is 6.21 Å². The Morgan fingerprint density at radius 2 is 2.18 bits per heavy atom. The van der Waals surface area contributed by atoms with E-state index in [4.69, 9.17) is 5.41 Å². The summed E-state index contributed by atoms with van der Waals surface area (Å²) in [6.45, 7) is 2.00. The molecule has 58 valence electrons. The van der Waals surface area contributed by atoms with Crippen molar-refractivity contribution < 1.29 is 0 Å². The summed E-state index contributed by atoms with van der Waals surface area (Å²) in [5.41, 5.74) is 3.11. The van der Waals surface area contributed by atoms with Gasteiger partial charge in [0.2, 0.25) is 0 Å². The average Bonchev–Trinajstić information content (AvgIpc) is 2.04. The molecule has 0 amide bonds. The van der Waals surface area contributed by atoms with Crippen LogP contribution in [0.15, 0.2) is 18.2 Å². The normalized spacial score (nSPS) is 9.27. The van der Waals surface area contributed by atoms with Gasteiger partial charge in [0, 0.05) is 24.5 Å². The van der Waals surface area contributed by atoms with Crippen LogP contribution in [0.1, 0.15) is 11.1 Å². The second-order valence-electron chi connectivity index (χ2n) is 2.43. The molecule has 0 bridgehead atoms. The molecule has 1 rings (SSSR count). The molecule has 0 fully saturated rings. The van der Waals surface area contributed by atoms with E-state index in [9.17, 15) is 0 Å². The fourth-order valence-corrected chi connectivity index (χ4v) is 1.09. The molecule has 0 aromatic heterocycles. The third-order valence-electron chi connectivity index (χ3n) is 1.74. The van der Waals surface area contributed by atoms with Gasteiger partial charge in [0.25, 0.3) is 0 Å². The molecule has 0 radical (unpaired) electrons. The fourth-order valence-electron chi connectivity index (χ4n) is 1.09. The largest absolute Gasteiger partial charge is 0.388 e. The Morgan fingerprint density at radius 3 is 2.64 bits per heavy atom. The molecular weight excluding hydrogens is 136 g/mol. The van der Waals surface area contributed by atoms with Crippen molar-refractivity contribution in [2.24, 2.45) is 0 Å². The van der Waals surface area contributed by atoms with E-state index in [-0.39, 0.29) is 0 Å². The Balaban J connectivity index is 3.24. The van der Waals surface area contributed by atoms with Gasteiger partial charge in [0.1, 0.15) is 0 Å². The Hall–Kier alpha value is -1.31. The molecule has 1 aromatic rings. The van der Waals surface area contributed by atoms with E-state index in [0.717, 1.165) is 16.8 Å². The highest BCUT2D eigenvalue weighted by Crippen LogP contribution is 2.15. The first-order valence-corrected chi connectivity index (χ1v) is 3.57. The van der Waals surface area contributed by atoms with Crippen LogP contribution < -0.4 is 5.32 Å². The summed E-state index contributed by atoms with van der Waals surface area (Å²) in [5.74, 6) is 0. The SMILES string of the molecule is CNc1cccc(C)c1C=N. The first-order valence-electron chi connectivity index (χ1n) is 3.57. The summed E-state index contributed by atoms with van der Waals surface area (Å²) in [4.78, 5) is 0. The van der Waals surface area contributed by atoms with Crippen LogP contribution >= 0.6 is 0 Å². The van der Waals surface area contributed by atoms with Gasteiger partial charge >= 0.3 is 0 Å². The van der Waals surface area contributed by atoms with Crippen LogP contribution in [0.25, 0.3) is 0 Å². The highest BCUT2D eigenvalue weighted by molar-refractivity contribution is 5.87. The number of nitrogens with one attached hydrogen (secondary N) is 2. The highest BCUT2D eigenvalue weighted by Gasteiger charge is 1.98. The zero-order valence-corrected chi connectivity index (χ0v) is 6.81. The molecular formula is C9H12N2. The highest BCUT2D eigenvalue weighted by atomic mass is 14.8. The molecule has 0 saturated heterocycles. The van der Waals surface area contributed by atoms with Crippen LogP contribution in [0.2, 0.25) is 0 Å². The van der Waals surface area contributed by atoms with Gasteiger partial charge in [-0.15, -0.1) is 0 Å². The predicted molar refractivity (Wildman–Crippen MR) is 48.6 cm³/mol. The minimum atomic E-state index is 0.968. The molecule has 0 aliphatic carbocycles. The zero-order valence-electron chi connectivity index (χ0n) is 6.81. The summed E-state index contributed by atoms with van der Waals surface area (Å²) in [5, 5.41) is 10.2. The minimum absolute atomic E-state index is 0.968. The third kappa shape index (κ3) is 1.40. The Morgan fingerprint density at radius 1 is 1.45 bits per heavy atom. The van der Waals surface area contributed by atoms with E-state index in [1.54, 1.807) is 0 Å². The van der Waals surface area contributed by atoms with Gasteiger partial charge in [0.05, 0.1) is 0 Å². The topological polar surface area (TPSA) is 35.9 Å². The molecule has 0 aliphatic rings. The summed E-state index contributed by atoms with van der Waals surface area (Å²) >= 11 is 0. The first kappa shape index (κ1) is 7.79. The van der Waals surface area contributed by atoms with Crippen molar-refractivity contribution in [3.8, 4) is 0 Å².